The molecule has 3 N–H and O–H groups in total. The number of benzene rings is 1. The Morgan fingerprint density at radius 2 is 1.97 bits per heavy atom. The number of hydrogen-bond donors (Lipinski definition) is 3. The molecule has 0 radical (unpaired) electrons. The van der Waals surface area contributed by atoms with Gasteiger partial charge in [0.15, 0.2) is 5.69 Å². The molecule has 3 aromatic rings. The summed E-state index contributed by atoms with van der Waals surface area (Å²) in [6.07, 6.45) is 2.62. The third kappa shape index (κ3) is 4.14. The fraction of sp³-hybridized carbons (Fsp3) is 0.211. The van der Waals surface area contributed by atoms with E-state index in [-0.39, 0.29) is 22.6 Å². The molecule has 0 unspecified atom stereocenters. The first kappa shape index (κ1) is 20.6. The van der Waals surface area contributed by atoms with Gasteiger partial charge in [-0.15, -0.1) is 0 Å². The Morgan fingerprint density at radius 1 is 1.20 bits per heavy atom. The maximum Gasteiger partial charge on any atom is 0.357 e. The van der Waals surface area contributed by atoms with E-state index in [1.54, 1.807) is 31.2 Å². The number of carbonyl (C=O) groups excluding carboxylic acids is 2. The molecule has 2 heterocycles. The topological polar surface area (TPSA) is 140 Å². The lowest BCUT2D eigenvalue weighted by molar-refractivity contribution is 0.0685. The number of carboxylic acids is 1. The molecule has 0 atom stereocenters. The van der Waals surface area contributed by atoms with Gasteiger partial charge in [0.2, 0.25) is 0 Å². The van der Waals surface area contributed by atoms with Crippen LogP contribution >= 0.6 is 0 Å². The van der Waals surface area contributed by atoms with E-state index >= 15 is 0 Å². The van der Waals surface area contributed by atoms with Crippen molar-refractivity contribution >= 4 is 29.2 Å². The van der Waals surface area contributed by atoms with Gasteiger partial charge in [0.25, 0.3) is 11.8 Å². The van der Waals surface area contributed by atoms with Crippen molar-refractivity contribution in [3.63, 3.8) is 0 Å². The summed E-state index contributed by atoms with van der Waals surface area (Å²) in [5.74, 6) is -1.97. The number of hydrogen-bond acceptors (Lipinski definition) is 6. The van der Waals surface area contributed by atoms with Crippen LogP contribution < -0.4 is 15.4 Å². The number of ether oxygens (including phenoxy) is 1. The number of aromatic carboxylic acids is 1. The average molecular weight is 412 g/mol. The molecule has 156 valence electrons. The van der Waals surface area contributed by atoms with Crippen LogP contribution in [-0.2, 0) is 13.6 Å². The van der Waals surface area contributed by atoms with E-state index in [9.17, 15) is 19.5 Å². The summed E-state index contributed by atoms with van der Waals surface area (Å²) in [7, 11) is 3.02. The standard InChI is InChI=1S/C19H20N6O5/c1-4-25-16(18(27)21-11-6-5-7-12(8-11)30-3)14(9-20-25)22-17(26)13-10-24(2)23-15(13)19(28)29/h5-10H,4H2,1-3H3,(H,21,27)(H,22,26)(H,28,29). The third-order valence-electron chi connectivity index (χ3n) is 4.21. The summed E-state index contributed by atoms with van der Waals surface area (Å²) < 4.78 is 7.80. The van der Waals surface area contributed by atoms with Crippen LogP contribution in [0, 0.1) is 0 Å². The second-order valence-corrected chi connectivity index (χ2v) is 6.23. The van der Waals surface area contributed by atoms with Crippen LogP contribution in [0.4, 0.5) is 11.4 Å². The SMILES string of the molecule is CCn1ncc(NC(=O)c2cn(C)nc2C(=O)O)c1C(=O)Nc1cccc(OC)c1. The first-order chi connectivity index (χ1) is 14.3. The number of nitrogens with zero attached hydrogens (tertiary/aromatic N) is 4. The number of carbonyl (C=O) groups is 3. The van der Waals surface area contributed by atoms with E-state index in [1.807, 2.05) is 0 Å². The first-order valence-electron chi connectivity index (χ1n) is 8.93. The minimum absolute atomic E-state index is 0.120. The van der Waals surface area contributed by atoms with Crippen LogP contribution in [0.1, 0.15) is 38.3 Å². The van der Waals surface area contributed by atoms with E-state index in [4.69, 9.17) is 4.74 Å². The van der Waals surface area contributed by atoms with Crippen molar-refractivity contribution in [1.82, 2.24) is 19.6 Å². The zero-order chi connectivity index (χ0) is 21.8. The van der Waals surface area contributed by atoms with E-state index in [0.29, 0.717) is 18.0 Å². The molecule has 11 heteroatoms. The second-order valence-electron chi connectivity index (χ2n) is 6.23. The van der Waals surface area contributed by atoms with Crippen molar-refractivity contribution in [2.24, 2.45) is 7.05 Å². The Hall–Kier alpha value is -4.15. The second kappa shape index (κ2) is 8.47. The van der Waals surface area contributed by atoms with E-state index in [2.05, 4.69) is 20.8 Å². The molecule has 0 aliphatic carbocycles. The van der Waals surface area contributed by atoms with Gasteiger partial charge in [0, 0.05) is 31.5 Å². The van der Waals surface area contributed by atoms with E-state index < -0.39 is 17.8 Å². The summed E-state index contributed by atoms with van der Waals surface area (Å²) in [4.78, 5) is 36.9. The van der Waals surface area contributed by atoms with Crippen molar-refractivity contribution in [3.8, 4) is 5.75 Å². The van der Waals surface area contributed by atoms with Crippen molar-refractivity contribution in [3.05, 3.63) is 53.6 Å². The van der Waals surface area contributed by atoms with Crippen LogP contribution in [0.25, 0.3) is 0 Å². The quantitative estimate of drug-likeness (QED) is 0.538. The van der Waals surface area contributed by atoms with Gasteiger partial charge in [-0.05, 0) is 19.1 Å². The minimum Gasteiger partial charge on any atom is -0.497 e. The molecule has 0 aliphatic heterocycles. The number of rotatable bonds is 7. The molecule has 1 aromatic carbocycles. The number of amides is 2. The molecular weight excluding hydrogens is 392 g/mol. The predicted octanol–water partition coefficient (Wildman–Crippen LogP) is 1.85. The Kier molecular flexibility index (Phi) is 5.81. The fourth-order valence-electron chi connectivity index (χ4n) is 2.85. The summed E-state index contributed by atoms with van der Waals surface area (Å²) in [5, 5.41) is 22.4. The number of nitrogens with one attached hydrogen (secondary N) is 2. The van der Waals surface area contributed by atoms with Gasteiger partial charge >= 0.3 is 5.97 Å². The molecule has 0 aliphatic rings. The van der Waals surface area contributed by atoms with Crippen LogP contribution in [-0.4, -0.2) is 49.6 Å². The largest absolute Gasteiger partial charge is 0.497 e. The average Bonchev–Trinajstić information content (AvgIpc) is 3.31. The summed E-state index contributed by atoms with van der Waals surface area (Å²) in [6.45, 7) is 2.18. The molecule has 3 rings (SSSR count). The highest BCUT2D eigenvalue weighted by Crippen LogP contribution is 2.21. The molecule has 30 heavy (non-hydrogen) atoms. The number of aromatic nitrogens is 4. The summed E-state index contributed by atoms with van der Waals surface area (Å²) in [5.41, 5.74) is 0.242. The molecule has 0 saturated carbocycles. The van der Waals surface area contributed by atoms with Gasteiger partial charge in [-0.25, -0.2) is 4.79 Å². The number of methoxy groups -OCH3 is 1. The number of aryl methyl sites for hydroxylation is 2. The molecule has 2 aromatic heterocycles. The highest BCUT2D eigenvalue weighted by molar-refractivity contribution is 6.13. The van der Waals surface area contributed by atoms with Crippen LogP contribution in [0.5, 0.6) is 5.75 Å². The molecule has 2 amide bonds. The van der Waals surface area contributed by atoms with Crippen LogP contribution in [0.2, 0.25) is 0 Å². The van der Waals surface area contributed by atoms with Gasteiger partial charge in [-0.3, -0.25) is 19.0 Å². The number of carboxylic acid groups (broad SMARTS) is 1. The molecular formula is C19H20N6O5. The van der Waals surface area contributed by atoms with E-state index in [0.717, 1.165) is 0 Å². The highest BCUT2D eigenvalue weighted by atomic mass is 16.5. The lowest BCUT2D eigenvalue weighted by Gasteiger charge is -2.10. The van der Waals surface area contributed by atoms with Gasteiger partial charge in [0.1, 0.15) is 11.4 Å². The molecule has 0 spiro atoms. The van der Waals surface area contributed by atoms with E-state index in [1.165, 1.54) is 35.9 Å². The smallest absolute Gasteiger partial charge is 0.357 e. The Balaban J connectivity index is 1.88. The normalized spacial score (nSPS) is 10.5. The molecule has 0 bridgehead atoms. The Labute approximate surface area is 171 Å². The van der Waals surface area contributed by atoms with Crippen molar-refractivity contribution in [2.45, 2.75) is 13.5 Å². The number of anilines is 2. The lowest BCUT2D eigenvalue weighted by Crippen LogP contribution is -2.21. The fourth-order valence-corrected chi connectivity index (χ4v) is 2.85. The first-order valence-corrected chi connectivity index (χ1v) is 8.93. The third-order valence-corrected chi connectivity index (χ3v) is 4.21. The highest BCUT2D eigenvalue weighted by Gasteiger charge is 2.25. The predicted molar refractivity (Wildman–Crippen MR) is 107 cm³/mol. The summed E-state index contributed by atoms with van der Waals surface area (Å²) >= 11 is 0. The van der Waals surface area contributed by atoms with Crippen LogP contribution in [0.3, 0.4) is 0 Å². The zero-order valence-corrected chi connectivity index (χ0v) is 16.5. The van der Waals surface area contributed by atoms with Crippen molar-refractivity contribution < 1.29 is 24.2 Å². The Morgan fingerprint density at radius 3 is 2.63 bits per heavy atom. The van der Waals surface area contributed by atoms with Gasteiger partial charge in [-0.2, -0.15) is 10.2 Å². The molecule has 11 nitrogen and oxygen atoms in total. The van der Waals surface area contributed by atoms with Crippen molar-refractivity contribution in [1.29, 1.82) is 0 Å². The zero-order valence-electron chi connectivity index (χ0n) is 16.5. The lowest BCUT2D eigenvalue weighted by atomic mass is 10.2. The molecule has 0 fully saturated rings. The van der Waals surface area contributed by atoms with Gasteiger partial charge in [-0.1, -0.05) is 6.07 Å². The van der Waals surface area contributed by atoms with Gasteiger partial charge < -0.3 is 20.5 Å². The summed E-state index contributed by atoms with van der Waals surface area (Å²) in [6, 6.07) is 6.81. The monoisotopic (exact) mass is 412 g/mol. The van der Waals surface area contributed by atoms with Crippen LogP contribution in [0.15, 0.2) is 36.7 Å². The maximum atomic E-state index is 12.9. The molecule has 0 saturated heterocycles. The van der Waals surface area contributed by atoms with Gasteiger partial charge in [0.05, 0.1) is 24.6 Å². The maximum absolute atomic E-state index is 12.9. The Bertz CT molecular complexity index is 1120. The minimum atomic E-state index is -1.33. The van der Waals surface area contributed by atoms with Crippen molar-refractivity contribution in [2.75, 3.05) is 17.7 Å².